The second-order valence-corrected chi connectivity index (χ2v) is 7.14. The van der Waals surface area contributed by atoms with Crippen LogP contribution < -0.4 is 0 Å². The van der Waals surface area contributed by atoms with Gasteiger partial charge in [0.1, 0.15) is 5.82 Å². The number of aliphatic hydroxyl groups excluding tert-OH is 1. The molecule has 2 aromatic rings. The van der Waals surface area contributed by atoms with Crippen LogP contribution >= 0.6 is 54.5 Å². The maximum absolute atomic E-state index is 13.7. The van der Waals surface area contributed by atoms with Crippen LogP contribution in [-0.2, 0) is 6.42 Å². The second-order valence-electron chi connectivity index (χ2n) is 4.12. The number of benzene rings is 2. The van der Waals surface area contributed by atoms with Crippen LogP contribution in [0.2, 0.25) is 0 Å². The lowest BCUT2D eigenvalue weighted by atomic mass is 10.0. The van der Waals surface area contributed by atoms with E-state index in [1.807, 2.05) is 18.2 Å². The maximum atomic E-state index is 13.7. The third kappa shape index (κ3) is 4.00. The summed E-state index contributed by atoms with van der Waals surface area (Å²) < 4.78 is 16.3. The molecule has 2 aromatic carbocycles. The van der Waals surface area contributed by atoms with Crippen molar-refractivity contribution in [3.63, 3.8) is 0 Å². The summed E-state index contributed by atoms with van der Waals surface area (Å²) in [5, 5.41) is 10.3. The van der Waals surface area contributed by atoms with E-state index >= 15 is 0 Å². The minimum absolute atomic E-state index is 0.240. The highest BCUT2D eigenvalue weighted by Crippen LogP contribution is 2.29. The molecule has 1 N–H and O–H groups in total. The van der Waals surface area contributed by atoms with Crippen molar-refractivity contribution in [2.45, 2.75) is 12.5 Å². The van der Waals surface area contributed by atoms with Gasteiger partial charge in [0.25, 0.3) is 0 Å². The highest BCUT2D eigenvalue weighted by Gasteiger charge is 2.15. The minimum atomic E-state index is -0.743. The van der Waals surface area contributed by atoms with E-state index < -0.39 is 6.10 Å². The summed E-state index contributed by atoms with van der Waals surface area (Å²) in [7, 11) is 0. The number of hydrogen-bond donors (Lipinski definition) is 1. The van der Waals surface area contributed by atoms with Gasteiger partial charge in [-0.1, -0.05) is 31.9 Å². The van der Waals surface area contributed by atoms with Gasteiger partial charge < -0.3 is 5.11 Å². The van der Waals surface area contributed by atoms with Crippen molar-refractivity contribution in [3.8, 4) is 0 Å². The largest absolute Gasteiger partial charge is 0.388 e. The Bertz CT molecular complexity index is 604. The molecule has 2 rings (SSSR count). The monoisotopic (exact) mass is 498 g/mol. The third-order valence-electron chi connectivity index (χ3n) is 2.74. The molecule has 19 heavy (non-hydrogen) atoms. The van der Waals surface area contributed by atoms with Gasteiger partial charge in [0.15, 0.2) is 0 Å². The number of hydrogen-bond acceptors (Lipinski definition) is 1. The van der Waals surface area contributed by atoms with Gasteiger partial charge in [-0.3, -0.25) is 0 Å². The highest BCUT2D eigenvalue weighted by atomic mass is 127. The average molecular weight is 500 g/mol. The van der Waals surface area contributed by atoms with Gasteiger partial charge in [-0.05, 0) is 70.1 Å². The van der Waals surface area contributed by atoms with E-state index in [4.69, 9.17) is 0 Å². The minimum Gasteiger partial charge on any atom is -0.388 e. The number of aliphatic hydroxyl groups is 1. The van der Waals surface area contributed by atoms with Gasteiger partial charge in [0, 0.05) is 18.9 Å². The molecule has 0 radical (unpaired) electrons. The highest BCUT2D eigenvalue weighted by molar-refractivity contribution is 14.1. The van der Waals surface area contributed by atoms with Crippen LogP contribution in [0.5, 0.6) is 0 Å². The molecule has 0 spiro atoms. The summed E-state index contributed by atoms with van der Waals surface area (Å²) in [4.78, 5) is 0. The number of rotatable bonds is 3. The van der Waals surface area contributed by atoms with Gasteiger partial charge in [0.2, 0.25) is 0 Å². The summed E-state index contributed by atoms with van der Waals surface area (Å²) in [5.74, 6) is -0.302. The molecule has 0 aliphatic heterocycles. The zero-order valence-corrected chi connectivity index (χ0v) is 15.0. The molecule has 5 heteroatoms. The predicted octanol–water partition coefficient (Wildman–Crippen LogP) is 5.23. The lowest BCUT2D eigenvalue weighted by Crippen LogP contribution is -2.05. The first-order valence-corrected chi connectivity index (χ1v) is 8.21. The summed E-state index contributed by atoms with van der Waals surface area (Å²) >= 11 is 8.91. The zero-order valence-electron chi connectivity index (χ0n) is 9.71. The van der Waals surface area contributed by atoms with E-state index in [1.54, 1.807) is 12.1 Å². The van der Waals surface area contributed by atoms with Gasteiger partial charge in [-0.25, -0.2) is 4.39 Å². The van der Waals surface area contributed by atoms with Gasteiger partial charge in [-0.2, -0.15) is 0 Å². The molecule has 0 amide bonds. The Hall–Kier alpha value is 0.0200. The van der Waals surface area contributed by atoms with Crippen LogP contribution in [0.1, 0.15) is 17.2 Å². The van der Waals surface area contributed by atoms with E-state index in [9.17, 15) is 9.50 Å². The lowest BCUT2D eigenvalue weighted by Gasteiger charge is -2.14. The Kier molecular flexibility index (Phi) is 5.39. The molecule has 1 atom stereocenters. The fourth-order valence-corrected chi connectivity index (χ4v) is 3.22. The van der Waals surface area contributed by atoms with E-state index in [0.717, 1.165) is 18.1 Å². The first-order valence-electron chi connectivity index (χ1n) is 5.54. The Morgan fingerprint density at radius 1 is 1.16 bits per heavy atom. The zero-order chi connectivity index (χ0) is 14.0. The molecule has 100 valence electrons. The molecule has 0 aromatic heterocycles. The van der Waals surface area contributed by atoms with Crippen LogP contribution in [-0.4, -0.2) is 5.11 Å². The fourth-order valence-electron chi connectivity index (χ4n) is 1.79. The maximum Gasteiger partial charge on any atom is 0.126 e. The van der Waals surface area contributed by atoms with E-state index in [1.165, 1.54) is 6.07 Å². The van der Waals surface area contributed by atoms with Gasteiger partial charge in [0.05, 0.1) is 6.10 Å². The molecule has 0 saturated carbocycles. The van der Waals surface area contributed by atoms with Crippen LogP contribution in [0.15, 0.2) is 45.3 Å². The molecular weight excluding hydrogens is 490 g/mol. The molecule has 0 bridgehead atoms. The van der Waals surface area contributed by atoms with Crippen molar-refractivity contribution < 1.29 is 9.50 Å². The van der Waals surface area contributed by atoms with Crippen LogP contribution in [0.3, 0.4) is 0 Å². The quantitative estimate of drug-likeness (QED) is 0.573. The fraction of sp³-hybridized carbons (Fsp3) is 0.143. The van der Waals surface area contributed by atoms with Crippen molar-refractivity contribution in [1.82, 2.24) is 0 Å². The summed E-state index contributed by atoms with van der Waals surface area (Å²) in [6, 6.07) is 10.5. The van der Waals surface area contributed by atoms with Crippen LogP contribution in [0.4, 0.5) is 4.39 Å². The van der Waals surface area contributed by atoms with Crippen molar-refractivity contribution in [3.05, 3.63) is 65.9 Å². The summed E-state index contributed by atoms with van der Waals surface area (Å²) in [5.41, 5.74) is 1.26. The standard InChI is InChI=1S/C14H10Br2FIO/c15-9-1-4-13(17)8(5-9)6-14(19)11-7-10(18)2-3-12(11)16/h1-5,7,14,19H,6H2. The van der Waals surface area contributed by atoms with Crippen molar-refractivity contribution in [2.24, 2.45) is 0 Å². The molecule has 0 saturated heterocycles. The molecule has 1 unspecified atom stereocenters. The third-order valence-corrected chi connectivity index (χ3v) is 4.62. The SMILES string of the molecule is OC(Cc1cc(Br)ccc1F)c1cc(I)ccc1Br. The van der Waals surface area contributed by atoms with Crippen molar-refractivity contribution in [2.75, 3.05) is 0 Å². The second kappa shape index (κ2) is 6.65. The van der Waals surface area contributed by atoms with Crippen LogP contribution in [0.25, 0.3) is 0 Å². The van der Waals surface area contributed by atoms with E-state index in [0.29, 0.717) is 5.56 Å². The molecular formula is C14H10Br2FIO. The Balaban J connectivity index is 2.27. The average Bonchev–Trinajstić information content (AvgIpc) is 2.36. The molecule has 1 nitrogen and oxygen atoms in total. The Morgan fingerprint density at radius 2 is 1.89 bits per heavy atom. The predicted molar refractivity (Wildman–Crippen MR) is 89.6 cm³/mol. The van der Waals surface area contributed by atoms with Crippen molar-refractivity contribution >= 4 is 54.5 Å². The van der Waals surface area contributed by atoms with Crippen LogP contribution in [0, 0.1) is 9.39 Å². The number of halogens is 4. The smallest absolute Gasteiger partial charge is 0.126 e. The molecule has 0 fully saturated rings. The summed E-state index contributed by atoms with van der Waals surface area (Å²) in [6.45, 7) is 0. The molecule has 0 aliphatic carbocycles. The van der Waals surface area contributed by atoms with E-state index in [2.05, 4.69) is 54.5 Å². The lowest BCUT2D eigenvalue weighted by molar-refractivity contribution is 0.176. The van der Waals surface area contributed by atoms with E-state index in [-0.39, 0.29) is 12.2 Å². The first-order chi connectivity index (χ1) is 8.97. The van der Waals surface area contributed by atoms with Crippen molar-refractivity contribution in [1.29, 1.82) is 0 Å². The molecule has 0 heterocycles. The Morgan fingerprint density at radius 3 is 2.63 bits per heavy atom. The molecule has 0 aliphatic rings. The van der Waals surface area contributed by atoms with Gasteiger partial charge in [-0.15, -0.1) is 0 Å². The topological polar surface area (TPSA) is 20.2 Å². The Labute approximate surface area is 141 Å². The first kappa shape index (κ1) is 15.4. The summed E-state index contributed by atoms with van der Waals surface area (Å²) in [6.07, 6.45) is -0.503. The normalized spacial score (nSPS) is 12.5. The van der Waals surface area contributed by atoms with Gasteiger partial charge >= 0.3 is 0 Å².